The molecule has 1 fully saturated rings. The zero-order valence-corrected chi connectivity index (χ0v) is 21.7. The maximum Gasteiger partial charge on any atom is 0.0898 e. The van der Waals surface area contributed by atoms with Crippen molar-refractivity contribution in [1.29, 1.82) is 0 Å². The molecule has 2 heterocycles. The van der Waals surface area contributed by atoms with Gasteiger partial charge in [-0.3, -0.25) is 3.93 Å². The van der Waals surface area contributed by atoms with Crippen LogP contribution in [0.4, 0.5) is 11.4 Å². The zero-order chi connectivity index (χ0) is 23.7. The Balaban J connectivity index is 1.25. The van der Waals surface area contributed by atoms with Crippen molar-refractivity contribution in [1.82, 2.24) is 5.32 Å². The summed E-state index contributed by atoms with van der Waals surface area (Å²) in [4.78, 5) is 2.50. The van der Waals surface area contributed by atoms with E-state index in [2.05, 4.69) is 113 Å². The fraction of sp³-hybridized carbons (Fsp3) is 0.333. The van der Waals surface area contributed by atoms with Gasteiger partial charge in [0.2, 0.25) is 0 Å². The third-order valence-electron chi connectivity index (χ3n) is 7.06. The molecule has 1 saturated heterocycles. The molecule has 2 aliphatic rings. The van der Waals surface area contributed by atoms with E-state index in [-0.39, 0.29) is 12.0 Å². The van der Waals surface area contributed by atoms with Crippen LogP contribution in [0.25, 0.3) is 10.8 Å². The van der Waals surface area contributed by atoms with Crippen LogP contribution >= 0.6 is 16.1 Å². The van der Waals surface area contributed by atoms with E-state index in [1.165, 1.54) is 51.7 Å². The highest BCUT2D eigenvalue weighted by atomic mass is 79.9. The van der Waals surface area contributed by atoms with Gasteiger partial charge in [-0.2, -0.15) is 0 Å². The number of rotatable bonds is 5. The van der Waals surface area contributed by atoms with E-state index in [4.69, 9.17) is 0 Å². The van der Waals surface area contributed by atoms with Crippen LogP contribution in [-0.4, -0.2) is 19.6 Å². The second-order valence-electron chi connectivity index (χ2n) is 9.47. The average Bonchev–Trinajstić information content (AvgIpc) is 3.46. The number of halogens is 1. The largest absolute Gasteiger partial charge is 0.371 e. The molecule has 174 valence electrons. The molecule has 3 nitrogen and oxygen atoms in total. The number of anilines is 2. The van der Waals surface area contributed by atoms with Gasteiger partial charge in [-0.15, -0.1) is 5.92 Å². The fourth-order valence-electron chi connectivity index (χ4n) is 5.13. The lowest BCUT2D eigenvalue weighted by atomic mass is 9.97. The van der Waals surface area contributed by atoms with Gasteiger partial charge in [0.15, 0.2) is 0 Å². The van der Waals surface area contributed by atoms with Crippen LogP contribution in [0, 0.1) is 18.8 Å². The summed E-state index contributed by atoms with van der Waals surface area (Å²) in [5, 5.41) is 6.24. The highest BCUT2D eigenvalue weighted by molar-refractivity contribution is 9.10. The predicted octanol–water partition coefficient (Wildman–Crippen LogP) is 7.22. The standard InChI is InChI=1S/C30H32BrN3/c1-21-12-13-26-20-24(14-15-25(26)19-21)22(2)32-16-5-4-9-27-23(3)34(31)29-11-8-10-28(30(27)29)33-17-6-7-18-33/h8,10-15,19-20,22,27,32H,3,5-7,16-18H2,1-2H3. The normalized spacial score (nSPS) is 18.2. The molecule has 0 radical (unpaired) electrons. The smallest absolute Gasteiger partial charge is 0.0898 e. The molecule has 1 N–H and O–H groups in total. The molecule has 3 aromatic rings. The van der Waals surface area contributed by atoms with Crippen molar-refractivity contribution in [3.05, 3.63) is 83.6 Å². The molecule has 0 bridgehead atoms. The molecule has 0 saturated carbocycles. The molecule has 2 unspecified atom stereocenters. The van der Waals surface area contributed by atoms with Gasteiger partial charge in [-0.05, 0) is 61.2 Å². The summed E-state index contributed by atoms with van der Waals surface area (Å²) in [6, 6.07) is 20.2. The Morgan fingerprint density at radius 2 is 1.79 bits per heavy atom. The minimum atomic E-state index is 0.0348. The van der Waals surface area contributed by atoms with Gasteiger partial charge in [0.1, 0.15) is 0 Å². The molecule has 0 spiro atoms. The fourth-order valence-corrected chi connectivity index (χ4v) is 5.64. The Hall–Kier alpha value is -2.74. The van der Waals surface area contributed by atoms with Crippen LogP contribution in [0.3, 0.4) is 0 Å². The summed E-state index contributed by atoms with van der Waals surface area (Å²) < 4.78 is 2.03. The summed E-state index contributed by atoms with van der Waals surface area (Å²) in [5.74, 6) is 7.01. The molecule has 4 heteroatoms. The molecule has 5 rings (SSSR count). The third-order valence-corrected chi connectivity index (χ3v) is 7.90. The number of hydrogen-bond donors (Lipinski definition) is 1. The number of nitrogens with zero attached hydrogens (tertiary/aromatic N) is 2. The minimum absolute atomic E-state index is 0.0348. The summed E-state index contributed by atoms with van der Waals surface area (Å²) in [7, 11) is 0. The van der Waals surface area contributed by atoms with Gasteiger partial charge in [-0.25, -0.2) is 0 Å². The first-order valence-electron chi connectivity index (χ1n) is 12.3. The molecule has 0 aliphatic carbocycles. The van der Waals surface area contributed by atoms with Gasteiger partial charge < -0.3 is 10.2 Å². The Morgan fingerprint density at radius 1 is 1.06 bits per heavy atom. The van der Waals surface area contributed by atoms with Crippen LogP contribution in [0.1, 0.15) is 54.8 Å². The van der Waals surface area contributed by atoms with Crippen molar-refractivity contribution >= 4 is 38.3 Å². The Morgan fingerprint density at radius 3 is 2.62 bits per heavy atom. The quantitative estimate of drug-likeness (QED) is 0.220. The van der Waals surface area contributed by atoms with E-state index in [1.54, 1.807) is 0 Å². The van der Waals surface area contributed by atoms with E-state index in [0.717, 1.165) is 31.8 Å². The maximum atomic E-state index is 4.34. The van der Waals surface area contributed by atoms with Crippen LogP contribution in [0.15, 0.2) is 66.9 Å². The lowest BCUT2D eigenvalue weighted by Crippen LogP contribution is -2.19. The molecule has 3 aromatic carbocycles. The lowest BCUT2D eigenvalue weighted by molar-refractivity contribution is 0.584. The van der Waals surface area contributed by atoms with Crippen molar-refractivity contribution in [2.24, 2.45) is 0 Å². The predicted molar refractivity (Wildman–Crippen MR) is 149 cm³/mol. The van der Waals surface area contributed by atoms with E-state index >= 15 is 0 Å². The number of hydrogen-bond acceptors (Lipinski definition) is 3. The second-order valence-corrected chi connectivity index (χ2v) is 10.2. The van der Waals surface area contributed by atoms with Crippen LogP contribution in [0.2, 0.25) is 0 Å². The van der Waals surface area contributed by atoms with Crippen molar-refractivity contribution < 1.29 is 0 Å². The summed E-state index contributed by atoms with van der Waals surface area (Å²) in [6.45, 7) is 11.8. The Bertz CT molecular complexity index is 1280. The van der Waals surface area contributed by atoms with Crippen LogP contribution in [0.5, 0.6) is 0 Å². The first kappa shape index (κ1) is 23.0. The van der Waals surface area contributed by atoms with Crippen molar-refractivity contribution in [3.63, 3.8) is 0 Å². The number of nitrogens with one attached hydrogen (secondary N) is 1. The van der Waals surface area contributed by atoms with Crippen LogP contribution in [-0.2, 0) is 0 Å². The van der Waals surface area contributed by atoms with Crippen molar-refractivity contribution in [3.8, 4) is 11.8 Å². The number of aryl methyl sites for hydroxylation is 1. The molecule has 0 aromatic heterocycles. The van der Waals surface area contributed by atoms with Gasteiger partial charge in [0.25, 0.3) is 0 Å². The van der Waals surface area contributed by atoms with E-state index < -0.39 is 0 Å². The number of allylic oxidation sites excluding steroid dienone is 1. The first-order chi connectivity index (χ1) is 16.5. The molecule has 2 atom stereocenters. The van der Waals surface area contributed by atoms with Gasteiger partial charge in [-0.1, -0.05) is 54.5 Å². The Kier molecular flexibility index (Phi) is 6.68. The molecule has 2 aliphatic heterocycles. The van der Waals surface area contributed by atoms with Gasteiger partial charge >= 0.3 is 0 Å². The second kappa shape index (κ2) is 9.86. The SMILES string of the molecule is C=C1C(C#CCCNC(C)c2ccc3cc(C)ccc3c2)c2c(N3CCCC3)cccc2N1Br. The van der Waals surface area contributed by atoms with E-state index in [9.17, 15) is 0 Å². The van der Waals surface area contributed by atoms with Crippen molar-refractivity contribution in [2.75, 3.05) is 28.5 Å². The highest BCUT2D eigenvalue weighted by Gasteiger charge is 2.34. The maximum absolute atomic E-state index is 4.34. The molecular weight excluding hydrogens is 482 g/mol. The molecule has 0 amide bonds. The number of benzene rings is 3. The molecular formula is C30H32BrN3. The summed E-state index contributed by atoms with van der Waals surface area (Å²) in [6.07, 6.45) is 3.34. The summed E-state index contributed by atoms with van der Waals surface area (Å²) >= 11 is 3.71. The average molecular weight is 515 g/mol. The van der Waals surface area contributed by atoms with Crippen molar-refractivity contribution in [2.45, 2.75) is 45.1 Å². The highest BCUT2D eigenvalue weighted by Crippen LogP contribution is 2.49. The van der Waals surface area contributed by atoms with Gasteiger partial charge in [0.05, 0.1) is 27.8 Å². The monoisotopic (exact) mass is 513 g/mol. The minimum Gasteiger partial charge on any atom is -0.371 e. The third kappa shape index (κ3) is 4.48. The molecule has 34 heavy (non-hydrogen) atoms. The van der Waals surface area contributed by atoms with Gasteiger partial charge in [0, 0.05) is 49.0 Å². The van der Waals surface area contributed by atoms with E-state index in [0.29, 0.717) is 0 Å². The van der Waals surface area contributed by atoms with Crippen LogP contribution < -0.4 is 14.1 Å². The van der Waals surface area contributed by atoms with E-state index in [1.807, 2.05) is 3.93 Å². The lowest BCUT2D eigenvalue weighted by Gasteiger charge is -2.22. The zero-order valence-electron chi connectivity index (χ0n) is 20.1. The first-order valence-corrected chi connectivity index (χ1v) is 13.0. The number of fused-ring (bicyclic) bond motifs is 2. The Labute approximate surface area is 212 Å². The summed E-state index contributed by atoms with van der Waals surface area (Å²) in [5.41, 5.74) is 7.40. The topological polar surface area (TPSA) is 18.5 Å².